The van der Waals surface area contributed by atoms with E-state index >= 15 is 0 Å². The third-order valence-electron chi connectivity index (χ3n) is 3.21. The maximum absolute atomic E-state index is 4.74. The van der Waals surface area contributed by atoms with Crippen molar-refractivity contribution < 1.29 is 0 Å². The molecule has 15 heavy (non-hydrogen) atoms. The van der Waals surface area contributed by atoms with E-state index < -0.39 is 0 Å². The van der Waals surface area contributed by atoms with Crippen LogP contribution in [0.5, 0.6) is 0 Å². The highest BCUT2D eigenvalue weighted by molar-refractivity contribution is 5.40. The Labute approximate surface area is 93.9 Å². The summed E-state index contributed by atoms with van der Waals surface area (Å²) < 4.78 is 0. The maximum Gasteiger partial charge on any atom is 0.0438 e. The molecule has 1 heterocycles. The van der Waals surface area contributed by atoms with Gasteiger partial charge in [0.1, 0.15) is 0 Å². The smallest absolute Gasteiger partial charge is 0.0438 e. The van der Waals surface area contributed by atoms with Crippen LogP contribution in [-0.2, 0) is 25.7 Å². The van der Waals surface area contributed by atoms with Crippen molar-refractivity contribution in [1.29, 1.82) is 0 Å². The van der Waals surface area contributed by atoms with Crippen molar-refractivity contribution in [2.45, 2.75) is 60.3 Å². The average molecular weight is 205 g/mol. The monoisotopic (exact) mass is 205 g/mol. The molecule has 1 heteroatoms. The Morgan fingerprint density at radius 1 is 0.733 bits per heavy atom. The Bertz CT molecular complexity index is 340. The fourth-order valence-corrected chi connectivity index (χ4v) is 2.52. The van der Waals surface area contributed by atoms with E-state index in [4.69, 9.17) is 4.98 Å². The minimum atomic E-state index is 1.06. The van der Waals surface area contributed by atoms with Crippen LogP contribution in [0.25, 0.3) is 0 Å². The van der Waals surface area contributed by atoms with Gasteiger partial charge in [0.2, 0.25) is 0 Å². The lowest BCUT2D eigenvalue weighted by Crippen LogP contribution is -2.08. The first kappa shape index (κ1) is 12.2. The molecule has 0 N–H and O–H groups in total. The zero-order valence-electron chi connectivity index (χ0n) is 10.8. The van der Waals surface area contributed by atoms with Gasteiger partial charge in [-0.05, 0) is 49.3 Å². The number of pyridine rings is 1. The van der Waals surface area contributed by atoms with Gasteiger partial charge in [-0.3, -0.25) is 4.98 Å². The summed E-state index contributed by atoms with van der Waals surface area (Å²) >= 11 is 0. The highest BCUT2D eigenvalue weighted by atomic mass is 14.7. The van der Waals surface area contributed by atoms with Gasteiger partial charge in [0.05, 0.1) is 0 Å². The van der Waals surface area contributed by atoms with E-state index in [1.54, 1.807) is 5.56 Å². The van der Waals surface area contributed by atoms with Gasteiger partial charge in [-0.15, -0.1) is 0 Å². The molecule has 0 bridgehead atoms. The lowest BCUT2D eigenvalue weighted by molar-refractivity contribution is 0.872. The number of nitrogens with zero attached hydrogens (tertiary/aromatic N) is 1. The standard InChI is InChI=1S/C14H23N/c1-6-11-10(5)15-14(9-4)13(8-3)12(11)7-2/h6-9H2,1-5H3. The summed E-state index contributed by atoms with van der Waals surface area (Å²) in [7, 11) is 0. The highest BCUT2D eigenvalue weighted by Gasteiger charge is 2.12. The summed E-state index contributed by atoms with van der Waals surface area (Å²) in [5.74, 6) is 0. The van der Waals surface area contributed by atoms with Crippen LogP contribution in [0, 0.1) is 6.92 Å². The molecule has 0 amide bonds. The second kappa shape index (κ2) is 5.29. The quantitative estimate of drug-likeness (QED) is 0.731. The van der Waals surface area contributed by atoms with Crippen LogP contribution in [0.2, 0.25) is 0 Å². The summed E-state index contributed by atoms with van der Waals surface area (Å²) in [5, 5.41) is 0. The first-order chi connectivity index (χ1) is 7.19. The Kier molecular flexibility index (Phi) is 4.31. The molecule has 0 spiro atoms. The summed E-state index contributed by atoms with van der Waals surface area (Å²) in [4.78, 5) is 4.74. The van der Waals surface area contributed by atoms with Crippen LogP contribution in [0.15, 0.2) is 0 Å². The minimum absolute atomic E-state index is 1.06. The number of hydrogen-bond donors (Lipinski definition) is 0. The van der Waals surface area contributed by atoms with Crippen molar-refractivity contribution >= 4 is 0 Å². The summed E-state index contributed by atoms with van der Waals surface area (Å²) in [6, 6.07) is 0. The molecule has 0 fully saturated rings. The predicted octanol–water partition coefficient (Wildman–Crippen LogP) is 3.64. The van der Waals surface area contributed by atoms with Crippen LogP contribution in [-0.4, -0.2) is 4.98 Å². The van der Waals surface area contributed by atoms with E-state index in [-0.39, 0.29) is 0 Å². The topological polar surface area (TPSA) is 12.9 Å². The molecule has 0 unspecified atom stereocenters. The van der Waals surface area contributed by atoms with Crippen molar-refractivity contribution in [3.05, 3.63) is 28.1 Å². The Morgan fingerprint density at radius 3 is 1.67 bits per heavy atom. The Morgan fingerprint density at radius 2 is 1.27 bits per heavy atom. The van der Waals surface area contributed by atoms with Gasteiger partial charge in [-0.1, -0.05) is 27.7 Å². The molecular formula is C14H23N. The Hall–Kier alpha value is -0.850. The van der Waals surface area contributed by atoms with Crippen molar-refractivity contribution in [2.24, 2.45) is 0 Å². The minimum Gasteiger partial charge on any atom is -0.258 e. The van der Waals surface area contributed by atoms with Crippen molar-refractivity contribution in [3.63, 3.8) is 0 Å². The average Bonchev–Trinajstić information content (AvgIpc) is 2.27. The number of hydrogen-bond acceptors (Lipinski definition) is 1. The van der Waals surface area contributed by atoms with Crippen molar-refractivity contribution in [1.82, 2.24) is 4.98 Å². The molecule has 0 saturated heterocycles. The molecule has 1 aromatic heterocycles. The number of aromatic nitrogens is 1. The summed E-state index contributed by atoms with van der Waals surface area (Å²) in [6.07, 6.45) is 4.43. The van der Waals surface area contributed by atoms with Crippen LogP contribution in [0.3, 0.4) is 0 Å². The van der Waals surface area contributed by atoms with Gasteiger partial charge in [0.25, 0.3) is 0 Å². The number of rotatable bonds is 4. The van der Waals surface area contributed by atoms with Crippen molar-refractivity contribution in [3.8, 4) is 0 Å². The highest BCUT2D eigenvalue weighted by Crippen LogP contribution is 2.22. The first-order valence-corrected chi connectivity index (χ1v) is 6.19. The summed E-state index contributed by atoms with van der Waals surface area (Å²) in [6.45, 7) is 11.1. The van der Waals surface area contributed by atoms with E-state index in [2.05, 4.69) is 34.6 Å². The lowest BCUT2D eigenvalue weighted by atomic mass is 9.93. The van der Waals surface area contributed by atoms with E-state index in [1.807, 2.05) is 0 Å². The SMILES string of the molecule is CCc1nc(C)c(CC)c(CC)c1CC. The van der Waals surface area contributed by atoms with Gasteiger partial charge < -0.3 is 0 Å². The molecule has 0 aliphatic rings. The first-order valence-electron chi connectivity index (χ1n) is 6.19. The van der Waals surface area contributed by atoms with Gasteiger partial charge >= 0.3 is 0 Å². The summed E-state index contributed by atoms with van der Waals surface area (Å²) in [5.41, 5.74) is 7.09. The second-order valence-electron chi connectivity index (χ2n) is 3.99. The molecule has 1 aromatic rings. The van der Waals surface area contributed by atoms with Gasteiger partial charge in [-0.2, -0.15) is 0 Å². The van der Waals surface area contributed by atoms with E-state index in [1.165, 1.54) is 22.5 Å². The Balaban J connectivity index is 3.44. The van der Waals surface area contributed by atoms with Crippen molar-refractivity contribution in [2.75, 3.05) is 0 Å². The van der Waals surface area contributed by atoms with Crippen LogP contribution < -0.4 is 0 Å². The largest absolute Gasteiger partial charge is 0.258 e. The molecule has 0 saturated carbocycles. The third kappa shape index (κ3) is 2.22. The van der Waals surface area contributed by atoms with E-state index in [9.17, 15) is 0 Å². The molecule has 0 atom stereocenters. The van der Waals surface area contributed by atoms with Gasteiger partial charge in [0.15, 0.2) is 0 Å². The molecule has 84 valence electrons. The third-order valence-corrected chi connectivity index (χ3v) is 3.21. The zero-order chi connectivity index (χ0) is 11.4. The molecule has 0 aromatic carbocycles. The molecular weight excluding hydrogens is 182 g/mol. The molecule has 1 nitrogen and oxygen atoms in total. The second-order valence-corrected chi connectivity index (χ2v) is 3.99. The van der Waals surface area contributed by atoms with Crippen LogP contribution >= 0.6 is 0 Å². The normalized spacial score (nSPS) is 10.7. The fraction of sp³-hybridized carbons (Fsp3) is 0.643. The molecule has 1 rings (SSSR count). The zero-order valence-corrected chi connectivity index (χ0v) is 10.8. The van der Waals surface area contributed by atoms with Crippen LogP contribution in [0.1, 0.15) is 55.8 Å². The maximum atomic E-state index is 4.74. The van der Waals surface area contributed by atoms with E-state index in [0.717, 1.165) is 25.7 Å². The van der Waals surface area contributed by atoms with Gasteiger partial charge in [0, 0.05) is 11.4 Å². The van der Waals surface area contributed by atoms with Crippen LogP contribution in [0.4, 0.5) is 0 Å². The lowest BCUT2D eigenvalue weighted by Gasteiger charge is -2.17. The molecule has 0 aliphatic heterocycles. The number of aryl methyl sites for hydroxylation is 2. The van der Waals surface area contributed by atoms with E-state index in [0.29, 0.717) is 0 Å². The molecule has 0 radical (unpaired) electrons. The predicted molar refractivity (Wildman–Crippen MR) is 66.5 cm³/mol. The molecule has 0 aliphatic carbocycles. The van der Waals surface area contributed by atoms with Gasteiger partial charge in [-0.25, -0.2) is 0 Å². The fourth-order valence-electron chi connectivity index (χ4n) is 2.52.